The number of nitrogens with two attached hydrogens (primary N) is 1. The molecule has 1 heterocycles. The average Bonchev–Trinajstić information content (AvgIpc) is 3.21. The number of rotatable bonds is 9. The predicted molar refractivity (Wildman–Crippen MR) is 124 cm³/mol. The molecule has 3 aromatic carbocycles. The van der Waals surface area contributed by atoms with E-state index < -0.39 is 5.91 Å². The third-order valence-electron chi connectivity index (χ3n) is 4.79. The standard InChI is InChI=1S/C24H22FN3O3S/c1-30-21-11-17(7-9-20(21)31-15-16-5-3-2-4-6-16)13-28(14-23(26)29)24-27-19-12-18(25)8-10-22(19)32-24/h2-12H,13-15H2,1H3,(H2,26,29). The Bertz CT molecular complexity index is 1230. The first kappa shape index (κ1) is 21.6. The molecule has 32 heavy (non-hydrogen) atoms. The van der Waals surface area contributed by atoms with Gasteiger partial charge in [0.15, 0.2) is 16.6 Å². The van der Waals surface area contributed by atoms with Gasteiger partial charge in [-0.2, -0.15) is 0 Å². The maximum atomic E-state index is 13.5. The summed E-state index contributed by atoms with van der Waals surface area (Å²) in [6.45, 7) is 0.782. The van der Waals surface area contributed by atoms with Crippen LogP contribution in [-0.4, -0.2) is 24.5 Å². The summed E-state index contributed by atoms with van der Waals surface area (Å²) in [6, 6.07) is 19.9. The second-order valence-corrected chi connectivity index (χ2v) is 8.20. The van der Waals surface area contributed by atoms with Crippen molar-refractivity contribution in [3.05, 3.63) is 83.7 Å². The van der Waals surface area contributed by atoms with E-state index in [1.807, 2.05) is 48.5 Å². The zero-order valence-corrected chi connectivity index (χ0v) is 18.3. The van der Waals surface area contributed by atoms with E-state index in [0.29, 0.717) is 35.3 Å². The highest BCUT2D eigenvalue weighted by atomic mass is 32.1. The number of anilines is 1. The SMILES string of the molecule is COc1cc(CN(CC(N)=O)c2nc3cc(F)ccc3s2)ccc1OCc1ccccc1. The number of aromatic nitrogens is 1. The Kier molecular flexibility index (Phi) is 6.51. The van der Waals surface area contributed by atoms with E-state index in [2.05, 4.69) is 4.98 Å². The molecule has 0 saturated heterocycles. The lowest BCUT2D eigenvalue weighted by molar-refractivity contribution is -0.116. The lowest BCUT2D eigenvalue weighted by Gasteiger charge is -2.21. The molecule has 0 spiro atoms. The van der Waals surface area contributed by atoms with E-state index in [0.717, 1.165) is 15.8 Å². The molecule has 1 aromatic heterocycles. The van der Waals surface area contributed by atoms with Crippen LogP contribution in [0.4, 0.5) is 9.52 Å². The van der Waals surface area contributed by atoms with Crippen molar-refractivity contribution in [1.29, 1.82) is 0 Å². The van der Waals surface area contributed by atoms with Crippen LogP contribution in [0.2, 0.25) is 0 Å². The molecule has 4 aromatic rings. The second kappa shape index (κ2) is 9.65. The number of carbonyl (C=O) groups is 1. The lowest BCUT2D eigenvalue weighted by atomic mass is 10.2. The maximum absolute atomic E-state index is 13.5. The van der Waals surface area contributed by atoms with Gasteiger partial charge in [0.2, 0.25) is 5.91 Å². The number of amides is 1. The summed E-state index contributed by atoms with van der Waals surface area (Å²) in [6.07, 6.45) is 0. The van der Waals surface area contributed by atoms with Gasteiger partial charge in [-0.1, -0.05) is 47.7 Å². The molecule has 0 unspecified atom stereocenters. The average molecular weight is 452 g/mol. The Hall–Kier alpha value is -3.65. The normalized spacial score (nSPS) is 10.8. The Balaban J connectivity index is 1.55. The zero-order chi connectivity index (χ0) is 22.5. The van der Waals surface area contributed by atoms with Gasteiger partial charge in [0.1, 0.15) is 12.4 Å². The number of halogens is 1. The number of hydrogen-bond donors (Lipinski definition) is 1. The molecule has 0 fully saturated rings. The van der Waals surface area contributed by atoms with E-state index in [-0.39, 0.29) is 12.4 Å². The fourth-order valence-corrected chi connectivity index (χ4v) is 4.23. The van der Waals surface area contributed by atoms with Gasteiger partial charge in [-0.05, 0) is 35.4 Å². The number of benzene rings is 3. The topological polar surface area (TPSA) is 77.7 Å². The number of methoxy groups -OCH3 is 1. The number of carbonyl (C=O) groups excluding carboxylic acids is 1. The predicted octanol–water partition coefficient (Wildman–Crippen LogP) is 4.51. The highest BCUT2D eigenvalue weighted by Gasteiger charge is 2.17. The first-order valence-corrected chi connectivity index (χ1v) is 10.8. The van der Waals surface area contributed by atoms with Crippen molar-refractivity contribution in [3.8, 4) is 11.5 Å². The monoisotopic (exact) mass is 451 g/mol. The van der Waals surface area contributed by atoms with Crippen molar-refractivity contribution in [2.45, 2.75) is 13.2 Å². The molecule has 8 heteroatoms. The van der Waals surface area contributed by atoms with Crippen molar-refractivity contribution < 1.29 is 18.7 Å². The van der Waals surface area contributed by atoms with Gasteiger partial charge in [0.05, 0.1) is 23.9 Å². The summed E-state index contributed by atoms with van der Waals surface area (Å²) < 4.78 is 25.8. The molecular weight excluding hydrogens is 429 g/mol. The highest BCUT2D eigenvalue weighted by molar-refractivity contribution is 7.22. The minimum absolute atomic E-state index is 0.0170. The van der Waals surface area contributed by atoms with Crippen molar-refractivity contribution >= 4 is 32.6 Å². The third kappa shape index (κ3) is 5.15. The molecule has 0 saturated carbocycles. The molecule has 0 aliphatic heterocycles. The van der Waals surface area contributed by atoms with Crippen molar-refractivity contribution in [1.82, 2.24) is 4.98 Å². The van der Waals surface area contributed by atoms with Crippen LogP contribution in [0.3, 0.4) is 0 Å². The molecule has 0 radical (unpaired) electrons. The van der Waals surface area contributed by atoms with E-state index in [9.17, 15) is 9.18 Å². The van der Waals surface area contributed by atoms with E-state index in [1.165, 1.54) is 23.5 Å². The smallest absolute Gasteiger partial charge is 0.237 e. The van der Waals surface area contributed by atoms with Gasteiger partial charge in [-0.3, -0.25) is 4.79 Å². The fraction of sp³-hybridized carbons (Fsp3) is 0.167. The molecule has 2 N–H and O–H groups in total. The van der Waals surface area contributed by atoms with E-state index in [4.69, 9.17) is 15.2 Å². The van der Waals surface area contributed by atoms with Crippen LogP contribution in [0.15, 0.2) is 66.7 Å². The van der Waals surface area contributed by atoms with Gasteiger partial charge in [-0.15, -0.1) is 0 Å². The third-order valence-corrected chi connectivity index (χ3v) is 5.89. The first-order chi connectivity index (χ1) is 15.5. The van der Waals surface area contributed by atoms with E-state index in [1.54, 1.807) is 18.1 Å². The summed E-state index contributed by atoms with van der Waals surface area (Å²) in [7, 11) is 1.58. The molecule has 0 bridgehead atoms. The maximum Gasteiger partial charge on any atom is 0.237 e. The van der Waals surface area contributed by atoms with Crippen molar-refractivity contribution in [2.24, 2.45) is 5.73 Å². The number of primary amides is 1. The number of thiazole rings is 1. The minimum atomic E-state index is -0.481. The van der Waals surface area contributed by atoms with Gasteiger partial charge in [0.25, 0.3) is 0 Å². The second-order valence-electron chi connectivity index (χ2n) is 7.19. The van der Waals surface area contributed by atoms with Crippen LogP contribution in [0.1, 0.15) is 11.1 Å². The van der Waals surface area contributed by atoms with Crippen LogP contribution in [0.5, 0.6) is 11.5 Å². The number of hydrogen-bond acceptors (Lipinski definition) is 6. The number of nitrogens with zero attached hydrogens (tertiary/aromatic N) is 2. The van der Waals surface area contributed by atoms with Gasteiger partial charge in [0, 0.05) is 12.6 Å². The van der Waals surface area contributed by atoms with Gasteiger partial charge < -0.3 is 20.1 Å². The first-order valence-electron chi connectivity index (χ1n) is 9.95. The van der Waals surface area contributed by atoms with Crippen LogP contribution in [0, 0.1) is 5.82 Å². The van der Waals surface area contributed by atoms with Gasteiger partial charge in [-0.25, -0.2) is 9.37 Å². The van der Waals surface area contributed by atoms with E-state index >= 15 is 0 Å². The number of fused-ring (bicyclic) bond motifs is 1. The molecule has 0 atom stereocenters. The Morgan fingerprint density at radius 1 is 1.06 bits per heavy atom. The van der Waals surface area contributed by atoms with Crippen LogP contribution >= 0.6 is 11.3 Å². The summed E-state index contributed by atoms with van der Waals surface area (Å²) in [5.74, 6) is 0.373. The molecular formula is C24H22FN3O3S. The van der Waals surface area contributed by atoms with Crippen LogP contribution in [0.25, 0.3) is 10.2 Å². The largest absolute Gasteiger partial charge is 0.493 e. The Morgan fingerprint density at radius 2 is 1.88 bits per heavy atom. The van der Waals surface area contributed by atoms with Crippen LogP contribution < -0.4 is 20.1 Å². The molecule has 1 amide bonds. The molecule has 6 nitrogen and oxygen atoms in total. The quantitative estimate of drug-likeness (QED) is 0.405. The number of ether oxygens (including phenoxy) is 2. The summed E-state index contributed by atoms with van der Waals surface area (Å²) in [4.78, 5) is 17.9. The van der Waals surface area contributed by atoms with Crippen molar-refractivity contribution in [2.75, 3.05) is 18.6 Å². The lowest BCUT2D eigenvalue weighted by Crippen LogP contribution is -2.33. The summed E-state index contributed by atoms with van der Waals surface area (Å²) in [5.41, 5.74) is 7.96. The van der Waals surface area contributed by atoms with Crippen LogP contribution in [-0.2, 0) is 17.9 Å². The minimum Gasteiger partial charge on any atom is -0.493 e. The van der Waals surface area contributed by atoms with Gasteiger partial charge >= 0.3 is 0 Å². The zero-order valence-electron chi connectivity index (χ0n) is 17.5. The fourth-order valence-electron chi connectivity index (χ4n) is 3.29. The Morgan fingerprint density at radius 3 is 2.62 bits per heavy atom. The summed E-state index contributed by atoms with van der Waals surface area (Å²) in [5, 5.41) is 0.591. The molecule has 0 aliphatic carbocycles. The summed E-state index contributed by atoms with van der Waals surface area (Å²) >= 11 is 1.38. The molecule has 164 valence electrons. The molecule has 4 rings (SSSR count). The Labute approximate surface area is 189 Å². The highest BCUT2D eigenvalue weighted by Crippen LogP contribution is 2.32. The van der Waals surface area contributed by atoms with Crippen molar-refractivity contribution in [3.63, 3.8) is 0 Å². The molecule has 0 aliphatic rings.